The van der Waals surface area contributed by atoms with Crippen LogP contribution in [0.25, 0.3) is 0 Å². The summed E-state index contributed by atoms with van der Waals surface area (Å²) in [4.78, 5) is 27.7. The molecule has 2 amide bonds. The van der Waals surface area contributed by atoms with E-state index in [9.17, 15) is 26.8 Å². The van der Waals surface area contributed by atoms with Crippen LogP contribution in [0.5, 0.6) is 0 Å². The van der Waals surface area contributed by atoms with Crippen LogP contribution in [0.15, 0.2) is 83.8 Å². The van der Waals surface area contributed by atoms with Crippen molar-refractivity contribution in [3.63, 3.8) is 0 Å². The Morgan fingerprint density at radius 1 is 0.868 bits per heavy atom. The molecule has 38 heavy (non-hydrogen) atoms. The van der Waals surface area contributed by atoms with Gasteiger partial charge in [0.15, 0.2) is 0 Å². The van der Waals surface area contributed by atoms with E-state index in [0.29, 0.717) is 10.7 Å². The van der Waals surface area contributed by atoms with Gasteiger partial charge in [-0.1, -0.05) is 55.5 Å². The number of hydrogen-bond acceptors (Lipinski definition) is 4. The van der Waals surface area contributed by atoms with Crippen molar-refractivity contribution in [2.75, 3.05) is 10.8 Å². The third kappa shape index (κ3) is 6.74. The first kappa shape index (κ1) is 28.8. The maximum Gasteiger partial charge on any atom is 0.264 e. The Balaban J connectivity index is 2.04. The predicted octanol–water partition coefficient (Wildman–Crippen LogP) is 4.49. The summed E-state index contributed by atoms with van der Waals surface area (Å²) in [7, 11) is -4.38. The van der Waals surface area contributed by atoms with Crippen molar-refractivity contribution in [1.29, 1.82) is 0 Å². The molecule has 0 aliphatic rings. The summed E-state index contributed by atoms with van der Waals surface area (Å²) in [6.07, 6.45) is 0.649. The van der Waals surface area contributed by atoms with Gasteiger partial charge < -0.3 is 10.2 Å². The Kier molecular flexibility index (Phi) is 9.57. The monoisotopic (exact) mass is 543 g/mol. The second kappa shape index (κ2) is 12.6. The van der Waals surface area contributed by atoms with Crippen LogP contribution < -0.4 is 9.62 Å². The molecule has 0 spiro atoms. The van der Waals surface area contributed by atoms with E-state index < -0.39 is 46.1 Å². The number of carbonyl (C=O) groups is 2. The Morgan fingerprint density at radius 3 is 2.05 bits per heavy atom. The molecule has 0 aliphatic carbocycles. The van der Waals surface area contributed by atoms with Crippen LogP contribution in [0, 0.1) is 11.6 Å². The molecule has 0 bridgehead atoms. The number of anilines is 1. The second-order valence-corrected chi connectivity index (χ2v) is 10.7. The van der Waals surface area contributed by atoms with Gasteiger partial charge >= 0.3 is 0 Å². The van der Waals surface area contributed by atoms with E-state index >= 15 is 0 Å². The number of halogens is 2. The molecule has 0 heterocycles. The first-order valence-electron chi connectivity index (χ1n) is 12.2. The first-order chi connectivity index (χ1) is 18.1. The molecule has 0 saturated carbocycles. The molecule has 3 rings (SSSR count). The molecular weight excluding hydrogens is 512 g/mol. The van der Waals surface area contributed by atoms with E-state index in [1.165, 1.54) is 67.6 Å². The van der Waals surface area contributed by atoms with Gasteiger partial charge in [0, 0.05) is 18.2 Å². The molecule has 0 saturated heterocycles. The third-order valence-electron chi connectivity index (χ3n) is 6.20. The van der Waals surface area contributed by atoms with Crippen molar-refractivity contribution < 1.29 is 26.8 Å². The lowest BCUT2D eigenvalue weighted by Crippen LogP contribution is -2.52. The molecule has 2 atom stereocenters. The van der Waals surface area contributed by atoms with E-state index in [-0.39, 0.29) is 28.7 Å². The highest BCUT2D eigenvalue weighted by molar-refractivity contribution is 7.92. The number of benzene rings is 3. The fourth-order valence-electron chi connectivity index (χ4n) is 3.75. The Morgan fingerprint density at radius 2 is 1.45 bits per heavy atom. The summed E-state index contributed by atoms with van der Waals surface area (Å²) in [5.41, 5.74) is -0.181. The molecule has 202 valence electrons. The van der Waals surface area contributed by atoms with Gasteiger partial charge in [-0.3, -0.25) is 13.9 Å². The maximum absolute atomic E-state index is 14.9. The lowest BCUT2D eigenvalue weighted by molar-refractivity contribution is -0.139. The number of sulfonamides is 1. The summed E-state index contributed by atoms with van der Waals surface area (Å²) in [6.45, 7) is 4.07. The molecule has 0 aliphatic heterocycles. The minimum absolute atomic E-state index is 0.140. The zero-order valence-corrected chi connectivity index (χ0v) is 22.3. The highest BCUT2D eigenvalue weighted by Gasteiger charge is 2.34. The minimum atomic E-state index is -4.38. The fraction of sp³-hybridized carbons (Fsp3) is 0.286. The van der Waals surface area contributed by atoms with Crippen molar-refractivity contribution in [3.8, 4) is 0 Å². The highest BCUT2D eigenvalue weighted by Crippen LogP contribution is 2.27. The number of carbonyl (C=O) groups excluding carboxylic acids is 2. The molecule has 0 radical (unpaired) electrons. The van der Waals surface area contributed by atoms with E-state index in [4.69, 9.17) is 0 Å². The van der Waals surface area contributed by atoms with Gasteiger partial charge in [0.25, 0.3) is 10.0 Å². The van der Waals surface area contributed by atoms with Crippen LogP contribution in [0.3, 0.4) is 0 Å². The van der Waals surface area contributed by atoms with Crippen LogP contribution in [-0.2, 0) is 26.2 Å². The molecule has 3 aromatic carbocycles. The Labute approximate surface area is 222 Å². The van der Waals surface area contributed by atoms with Crippen LogP contribution in [-0.4, -0.2) is 43.8 Å². The van der Waals surface area contributed by atoms with Crippen molar-refractivity contribution >= 4 is 27.5 Å². The maximum atomic E-state index is 14.9. The number of para-hydroxylation sites is 1. The number of amides is 2. The lowest BCUT2D eigenvalue weighted by atomic mass is 10.1. The van der Waals surface area contributed by atoms with Gasteiger partial charge in [-0.05, 0) is 50.6 Å². The van der Waals surface area contributed by atoms with Gasteiger partial charge in [0.05, 0.1) is 10.6 Å². The minimum Gasteiger partial charge on any atom is -0.352 e. The smallest absolute Gasteiger partial charge is 0.264 e. The van der Waals surface area contributed by atoms with Crippen LogP contribution in [0.1, 0.15) is 32.8 Å². The van der Waals surface area contributed by atoms with Gasteiger partial charge in [0.2, 0.25) is 11.8 Å². The SMILES string of the molecule is CCC(C)NC(=O)C(C)N(Cc1ccccc1F)C(=O)CN(c1ccccc1F)S(=O)(=O)c1ccccc1. The average Bonchev–Trinajstić information content (AvgIpc) is 2.91. The lowest BCUT2D eigenvalue weighted by Gasteiger charge is -2.32. The van der Waals surface area contributed by atoms with Gasteiger partial charge in [-0.15, -0.1) is 0 Å². The van der Waals surface area contributed by atoms with Gasteiger partial charge in [0.1, 0.15) is 24.2 Å². The fourth-order valence-corrected chi connectivity index (χ4v) is 5.19. The molecule has 7 nitrogen and oxygen atoms in total. The van der Waals surface area contributed by atoms with E-state index in [0.717, 1.165) is 11.0 Å². The number of rotatable bonds is 11. The number of nitrogens with zero attached hydrogens (tertiary/aromatic N) is 2. The zero-order chi connectivity index (χ0) is 27.9. The van der Waals surface area contributed by atoms with Crippen LogP contribution >= 0.6 is 0 Å². The third-order valence-corrected chi connectivity index (χ3v) is 7.97. The van der Waals surface area contributed by atoms with Crippen LogP contribution in [0.2, 0.25) is 0 Å². The average molecular weight is 544 g/mol. The topological polar surface area (TPSA) is 86.8 Å². The van der Waals surface area contributed by atoms with Gasteiger partial charge in [-0.2, -0.15) is 0 Å². The summed E-state index contributed by atoms with van der Waals surface area (Å²) >= 11 is 0. The Hall–Kier alpha value is -3.79. The van der Waals surface area contributed by atoms with Crippen molar-refractivity contribution in [1.82, 2.24) is 10.2 Å². The van der Waals surface area contributed by atoms with Crippen molar-refractivity contribution in [3.05, 3.63) is 96.1 Å². The second-order valence-electron chi connectivity index (χ2n) is 8.88. The largest absolute Gasteiger partial charge is 0.352 e. The normalized spacial score (nSPS) is 12.9. The summed E-state index contributed by atoms with van der Waals surface area (Å²) in [6, 6.07) is 17.1. The molecule has 0 fully saturated rings. The quantitative estimate of drug-likeness (QED) is 0.386. The molecule has 3 aromatic rings. The van der Waals surface area contributed by atoms with Crippen molar-refractivity contribution in [2.45, 2.75) is 50.7 Å². The summed E-state index contributed by atoms with van der Waals surface area (Å²) < 4.78 is 57.3. The van der Waals surface area contributed by atoms with Crippen molar-refractivity contribution in [2.24, 2.45) is 0 Å². The molecule has 10 heteroatoms. The first-order valence-corrected chi connectivity index (χ1v) is 13.7. The van der Waals surface area contributed by atoms with E-state index in [1.807, 2.05) is 6.92 Å². The molecule has 2 unspecified atom stereocenters. The number of hydrogen-bond donors (Lipinski definition) is 1. The Bertz CT molecular complexity index is 1370. The molecule has 0 aromatic heterocycles. The van der Waals surface area contributed by atoms with E-state index in [2.05, 4.69) is 5.32 Å². The highest BCUT2D eigenvalue weighted by atomic mass is 32.2. The van der Waals surface area contributed by atoms with Crippen LogP contribution in [0.4, 0.5) is 14.5 Å². The zero-order valence-electron chi connectivity index (χ0n) is 21.5. The predicted molar refractivity (Wildman–Crippen MR) is 142 cm³/mol. The molecular formula is C28H31F2N3O4S. The standard InChI is InChI=1S/C28H31F2N3O4S/c1-4-20(2)31-28(35)21(3)32(18-22-12-8-9-15-24(22)29)27(34)19-33(26-17-11-10-16-25(26)30)38(36,37)23-13-6-5-7-14-23/h5-17,20-21H,4,18-19H2,1-3H3,(H,31,35). The van der Waals surface area contributed by atoms with E-state index in [1.54, 1.807) is 19.1 Å². The number of nitrogens with one attached hydrogen (secondary N) is 1. The van der Waals surface area contributed by atoms with Gasteiger partial charge in [-0.25, -0.2) is 17.2 Å². The molecule has 1 N–H and O–H groups in total. The summed E-state index contributed by atoms with van der Waals surface area (Å²) in [5.74, 6) is -2.71. The summed E-state index contributed by atoms with van der Waals surface area (Å²) in [5, 5.41) is 2.80.